The molecule has 1 aliphatic rings. The van der Waals surface area contributed by atoms with Crippen LogP contribution in [0.3, 0.4) is 0 Å². The third-order valence-electron chi connectivity index (χ3n) is 5.54. The predicted octanol–water partition coefficient (Wildman–Crippen LogP) is 2.93. The Morgan fingerprint density at radius 1 is 1.00 bits per heavy atom. The van der Waals surface area contributed by atoms with Gasteiger partial charge in [0.15, 0.2) is 0 Å². The average molecular weight is 487 g/mol. The number of imide groups is 1. The Bertz CT molecular complexity index is 1360. The highest BCUT2D eigenvalue weighted by Crippen LogP contribution is 2.27. The molecule has 0 radical (unpaired) electrons. The van der Waals surface area contributed by atoms with Gasteiger partial charge in [-0.2, -0.15) is 0 Å². The number of hydrogen-bond acceptors (Lipinski definition) is 7. The number of carbonyl (C=O) groups is 4. The minimum absolute atomic E-state index is 0.00792. The first kappa shape index (κ1) is 24.2. The number of nitro benzene ring substituents is 1. The molecule has 36 heavy (non-hydrogen) atoms. The molecule has 1 aliphatic heterocycles. The lowest BCUT2D eigenvalue weighted by Crippen LogP contribution is -2.31. The maximum Gasteiger partial charge on any atom is 0.270 e. The van der Waals surface area contributed by atoms with Crippen molar-refractivity contribution >= 4 is 35.0 Å². The molecule has 4 amide bonds. The number of nitrogens with one attached hydrogen (secondary N) is 2. The number of fused-ring (bicyclic) bond motifs is 1. The van der Waals surface area contributed by atoms with Crippen molar-refractivity contribution in [2.45, 2.75) is 19.4 Å². The number of benzene rings is 2. The number of amides is 4. The van der Waals surface area contributed by atoms with Crippen LogP contribution in [-0.2, 0) is 11.3 Å². The van der Waals surface area contributed by atoms with Crippen molar-refractivity contribution in [3.05, 3.63) is 99.4 Å². The van der Waals surface area contributed by atoms with Crippen LogP contribution in [0.25, 0.3) is 0 Å². The van der Waals surface area contributed by atoms with E-state index in [1.54, 1.807) is 36.5 Å². The van der Waals surface area contributed by atoms with E-state index in [0.717, 1.165) is 16.5 Å². The Kier molecular flexibility index (Phi) is 7.10. The van der Waals surface area contributed by atoms with E-state index in [-0.39, 0.29) is 54.6 Å². The second-order valence-electron chi connectivity index (χ2n) is 8.03. The lowest BCUT2D eigenvalue weighted by molar-refractivity contribution is -0.384. The van der Waals surface area contributed by atoms with E-state index in [1.165, 1.54) is 18.3 Å². The van der Waals surface area contributed by atoms with Gasteiger partial charge in [-0.3, -0.25) is 39.2 Å². The van der Waals surface area contributed by atoms with Crippen LogP contribution in [-0.4, -0.2) is 45.0 Å². The monoisotopic (exact) mass is 487 g/mol. The Labute approximate surface area is 205 Å². The van der Waals surface area contributed by atoms with Crippen LogP contribution >= 0.6 is 0 Å². The molecule has 0 saturated carbocycles. The molecule has 0 bridgehead atoms. The number of rotatable bonds is 9. The van der Waals surface area contributed by atoms with Crippen LogP contribution in [0.2, 0.25) is 0 Å². The molecule has 2 N–H and O–H groups in total. The fourth-order valence-corrected chi connectivity index (χ4v) is 3.76. The summed E-state index contributed by atoms with van der Waals surface area (Å²) in [5, 5.41) is 16.5. The summed E-state index contributed by atoms with van der Waals surface area (Å²) in [6, 6.07) is 13.9. The first-order valence-corrected chi connectivity index (χ1v) is 11.0. The number of aromatic nitrogens is 1. The van der Waals surface area contributed by atoms with Crippen molar-refractivity contribution in [3.8, 4) is 0 Å². The van der Waals surface area contributed by atoms with Crippen LogP contribution in [0.5, 0.6) is 0 Å². The SMILES string of the molecule is O=C(CCCN1C(=O)c2ccc([N+](=O)[O-])cc2C1=O)Nc1cccc(CNC(=O)c2cccnc2)c1. The average Bonchev–Trinajstić information content (AvgIpc) is 3.12. The molecule has 2 heterocycles. The van der Waals surface area contributed by atoms with Gasteiger partial charge in [-0.15, -0.1) is 0 Å². The summed E-state index contributed by atoms with van der Waals surface area (Å²) < 4.78 is 0. The van der Waals surface area contributed by atoms with Crippen molar-refractivity contribution in [1.29, 1.82) is 0 Å². The summed E-state index contributed by atoms with van der Waals surface area (Å²) in [5.74, 6) is -1.72. The van der Waals surface area contributed by atoms with Gasteiger partial charge in [-0.25, -0.2) is 0 Å². The van der Waals surface area contributed by atoms with Gasteiger partial charge in [0.2, 0.25) is 5.91 Å². The van der Waals surface area contributed by atoms with Crippen molar-refractivity contribution in [3.63, 3.8) is 0 Å². The van der Waals surface area contributed by atoms with Crippen molar-refractivity contribution in [2.24, 2.45) is 0 Å². The Morgan fingerprint density at radius 2 is 1.81 bits per heavy atom. The van der Waals surface area contributed by atoms with E-state index < -0.39 is 16.7 Å². The number of pyridine rings is 1. The number of hydrogen-bond donors (Lipinski definition) is 2. The van der Waals surface area contributed by atoms with Gasteiger partial charge in [-0.05, 0) is 42.3 Å². The molecule has 0 fully saturated rings. The molecule has 2 aromatic carbocycles. The maximum absolute atomic E-state index is 12.5. The van der Waals surface area contributed by atoms with Crippen LogP contribution in [0.4, 0.5) is 11.4 Å². The van der Waals surface area contributed by atoms with E-state index in [0.29, 0.717) is 11.3 Å². The summed E-state index contributed by atoms with van der Waals surface area (Å²) in [6.07, 6.45) is 3.32. The van der Waals surface area contributed by atoms with E-state index in [2.05, 4.69) is 15.6 Å². The smallest absolute Gasteiger partial charge is 0.270 e. The topological polar surface area (TPSA) is 152 Å². The Hall–Kier alpha value is -4.93. The molecule has 4 rings (SSSR count). The van der Waals surface area contributed by atoms with Crippen molar-refractivity contribution < 1.29 is 24.1 Å². The van der Waals surface area contributed by atoms with E-state index in [1.807, 2.05) is 6.07 Å². The lowest BCUT2D eigenvalue weighted by Gasteiger charge is -2.13. The number of non-ortho nitro benzene ring substituents is 1. The first-order chi connectivity index (χ1) is 17.3. The van der Waals surface area contributed by atoms with Crippen molar-refractivity contribution in [2.75, 3.05) is 11.9 Å². The van der Waals surface area contributed by atoms with Crippen molar-refractivity contribution in [1.82, 2.24) is 15.2 Å². The fraction of sp³-hybridized carbons (Fsp3) is 0.160. The third kappa shape index (κ3) is 5.41. The molecule has 0 aliphatic carbocycles. The quantitative estimate of drug-likeness (QED) is 0.267. The molecular formula is C25H21N5O6. The first-order valence-electron chi connectivity index (χ1n) is 11.0. The third-order valence-corrected chi connectivity index (χ3v) is 5.54. The van der Waals surface area contributed by atoms with Crippen LogP contribution in [0, 0.1) is 10.1 Å². The molecular weight excluding hydrogens is 466 g/mol. The number of anilines is 1. The van der Waals surface area contributed by atoms with E-state index in [9.17, 15) is 29.3 Å². The van der Waals surface area contributed by atoms with Gasteiger partial charge >= 0.3 is 0 Å². The highest BCUT2D eigenvalue weighted by molar-refractivity contribution is 6.21. The lowest BCUT2D eigenvalue weighted by atomic mass is 10.1. The second kappa shape index (κ2) is 10.6. The highest BCUT2D eigenvalue weighted by atomic mass is 16.6. The molecule has 0 atom stereocenters. The molecule has 11 heteroatoms. The maximum atomic E-state index is 12.5. The van der Waals surface area contributed by atoms with Gasteiger partial charge in [-0.1, -0.05) is 12.1 Å². The molecule has 0 spiro atoms. The van der Waals surface area contributed by atoms with Gasteiger partial charge in [0.05, 0.1) is 21.6 Å². The molecule has 182 valence electrons. The second-order valence-corrected chi connectivity index (χ2v) is 8.03. The number of nitrogens with zero attached hydrogens (tertiary/aromatic N) is 3. The minimum atomic E-state index is -0.630. The van der Waals surface area contributed by atoms with Gasteiger partial charge in [0.1, 0.15) is 0 Å². The zero-order valence-corrected chi connectivity index (χ0v) is 19.0. The molecule has 11 nitrogen and oxygen atoms in total. The summed E-state index contributed by atoms with van der Waals surface area (Å²) >= 11 is 0. The largest absolute Gasteiger partial charge is 0.348 e. The van der Waals surface area contributed by atoms with Crippen LogP contribution < -0.4 is 10.6 Å². The predicted molar refractivity (Wildman–Crippen MR) is 128 cm³/mol. The zero-order valence-electron chi connectivity index (χ0n) is 19.0. The Morgan fingerprint density at radius 3 is 2.56 bits per heavy atom. The van der Waals surface area contributed by atoms with E-state index in [4.69, 9.17) is 0 Å². The van der Waals surface area contributed by atoms with Gasteiger partial charge < -0.3 is 10.6 Å². The summed E-state index contributed by atoms with van der Waals surface area (Å²) in [6.45, 7) is 0.267. The van der Waals surface area contributed by atoms with Gasteiger partial charge in [0, 0.05) is 49.7 Å². The fourth-order valence-electron chi connectivity index (χ4n) is 3.76. The van der Waals surface area contributed by atoms with E-state index >= 15 is 0 Å². The molecule has 1 aromatic heterocycles. The summed E-state index contributed by atoms with van der Waals surface area (Å²) in [4.78, 5) is 64.8. The molecule has 0 unspecified atom stereocenters. The summed E-state index contributed by atoms with van der Waals surface area (Å²) in [5.41, 5.74) is 1.60. The Balaban J connectivity index is 1.27. The number of nitro groups is 1. The standard InChI is InChI=1S/C25H21N5O6/c31-22(7-3-11-29-24(33)20-9-8-19(30(35)36)13-21(20)25(29)34)28-18-6-1-4-16(12-18)14-27-23(32)17-5-2-10-26-15-17/h1-2,4-6,8-10,12-13,15H,3,7,11,14H2,(H,27,32)(H,28,31). The van der Waals surface area contributed by atoms with Crippen LogP contribution in [0.15, 0.2) is 67.0 Å². The highest BCUT2D eigenvalue weighted by Gasteiger charge is 2.36. The zero-order chi connectivity index (χ0) is 25.7. The van der Waals surface area contributed by atoms with Crippen LogP contribution in [0.1, 0.15) is 49.5 Å². The normalized spacial score (nSPS) is 12.3. The minimum Gasteiger partial charge on any atom is -0.348 e. The summed E-state index contributed by atoms with van der Waals surface area (Å²) in [7, 11) is 0. The molecule has 0 saturated heterocycles. The number of carbonyl (C=O) groups excluding carboxylic acids is 4. The molecule has 3 aromatic rings. The van der Waals surface area contributed by atoms with Gasteiger partial charge in [0.25, 0.3) is 23.4 Å².